The molecular formula is C11H19NO4. The van der Waals surface area contributed by atoms with E-state index >= 15 is 0 Å². The van der Waals surface area contributed by atoms with Crippen LogP contribution in [-0.4, -0.2) is 47.7 Å². The van der Waals surface area contributed by atoms with E-state index in [1.54, 1.807) is 4.90 Å². The summed E-state index contributed by atoms with van der Waals surface area (Å²) < 4.78 is 5.17. The van der Waals surface area contributed by atoms with Crippen LogP contribution in [0.3, 0.4) is 0 Å². The van der Waals surface area contributed by atoms with E-state index in [0.29, 0.717) is 13.2 Å². The lowest BCUT2D eigenvalue weighted by Gasteiger charge is -2.21. The second-order valence-corrected chi connectivity index (χ2v) is 4.01. The molecule has 1 aliphatic carbocycles. The predicted octanol–water partition coefficient (Wildman–Crippen LogP) is 0.879. The van der Waals surface area contributed by atoms with Crippen molar-refractivity contribution in [3.63, 3.8) is 0 Å². The molecule has 0 atom stereocenters. The molecule has 0 saturated heterocycles. The summed E-state index contributed by atoms with van der Waals surface area (Å²) in [5.41, 5.74) is 0. The summed E-state index contributed by atoms with van der Waals surface area (Å²) in [7, 11) is 0. The molecule has 0 aliphatic heterocycles. The first-order valence-corrected chi connectivity index (χ1v) is 5.74. The second kappa shape index (κ2) is 6.48. The molecule has 0 aromatic rings. The first-order valence-electron chi connectivity index (χ1n) is 5.74. The zero-order valence-electron chi connectivity index (χ0n) is 9.65. The molecule has 0 heterocycles. The van der Waals surface area contributed by atoms with Crippen LogP contribution in [0.4, 0.5) is 0 Å². The van der Waals surface area contributed by atoms with E-state index in [0.717, 1.165) is 19.3 Å². The monoisotopic (exact) mass is 229 g/mol. The highest BCUT2D eigenvalue weighted by molar-refractivity contribution is 5.78. The summed E-state index contributed by atoms with van der Waals surface area (Å²) in [5, 5.41) is 8.59. The van der Waals surface area contributed by atoms with Gasteiger partial charge in [0.05, 0.1) is 6.42 Å². The molecule has 0 bridgehead atoms. The van der Waals surface area contributed by atoms with Gasteiger partial charge in [-0.05, 0) is 19.3 Å². The van der Waals surface area contributed by atoms with E-state index in [1.807, 2.05) is 6.92 Å². The summed E-state index contributed by atoms with van der Waals surface area (Å²) in [6, 6.07) is 0.247. The summed E-state index contributed by atoms with van der Waals surface area (Å²) in [4.78, 5) is 23.8. The van der Waals surface area contributed by atoms with Gasteiger partial charge in [0, 0.05) is 19.2 Å². The largest absolute Gasteiger partial charge is 0.481 e. The van der Waals surface area contributed by atoms with Crippen molar-refractivity contribution in [2.24, 2.45) is 0 Å². The highest BCUT2D eigenvalue weighted by atomic mass is 16.5. The average Bonchev–Trinajstić information content (AvgIpc) is 3.02. The molecule has 0 aromatic heterocycles. The van der Waals surface area contributed by atoms with Crippen molar-refractivity contribution >= 4 is 11.9 Å². The van der Waals surface area contributed by atoms with E-state index in [9.17, 15) is 9.59 Å². The van der Waals surface area contributed by atoms with E-state index in [4.69, 9.17) is 9.84 Å². The maximum absolute atomic E-state index is 11.7. The van der Waals surface area contributed by atoms with Gasteiger partial charge in [-0.3, -0.25) is 9.59 Å². The smallest absolute Gasteiger partial charge is 0.305 e. The van der Waals surface area contributed by atoms with Crippen LogP contribution in [0.25, 0.3) is 0 Å². The number of carboxylic acids is 1. The third kappa shape index (κ3) is 4.61. The maximum atomic E-state index is 11.7. The van der Waals surface area contributed by atoms with Gasteiger partial charge >= 0.3 is 5.97 Å². The molecule has 0 unspecified atom stereocenters. The molecule has 5 heteroatoms. The number of amides is 1. The van der Waals surface area contributed by atoms with Gasteiger partial charge < -0.3 is 14.7 Å². The fourth-order valence-electron chi connectivity index (χ4n) is 1.50. The van der Waals surface area contributed by atoms with Gasteiger partial charge in [0.15, 0.2) is 0 Å². The van der Waals surface area contributed by atoms with Crippen molar-refractivity contribution in [3.05, 3.63) is 0 Å². The van der Waals surface area contributed by atoms with Crippen molar-refractivity contribution in [2.75, 3.05) is 19.8 Å². The Kier molecular flexibility index (Phi) is 5.25. The number of hydrogen-bond donors (Lipinski definition) is 1. The van der Waals surface area contributed by atoms with E-state index in [1.165, 1.54) is 0 Å². The van der Waals surface area contributed by atoms with Gasteiger partial charge in [-0.15, -0.1) is 0 Å². The van der Waals surface area contributed by atoms with Crippen LogP contribution in [0.15, 0.2) is 0 Å². The number of carboxylic acid groups (broad SMARTS) is 1. The Morgan fingerprint density at radius 2 is 2.12 bits per heavy atom. The van der Waals surface area contributed by atoms with Gasteiger partial charge in [0.2, 0.25) is 5.91 Å². The molecule has 1 rings (SSSR count). The fraction of sp³-hybridized carbons (Fsp3) is 0.818. The van der Waals surface area contributed by atoms with Gasteiger partial charge in [0.1, 0.15) is 6.61 Å². The van der Waals surface area contributed by atoms with E-state index < -0.39 is 5.97 Å². The average molecular weight is 229 g/mol. The van der Waals surface area contributed by atoms with Gasteiger partial charge in [-0.1, -0.05) is 6.92 Å². The second-order valence-electron chi connectivity index (χ2n) is 4.01. The fourth-order valence-corrected chi connectivity index (χ4v) is 1.50. The minimum atomic E-state index is -0.868. The molecule has 1 saturated carbocycles. The third-order valence-electron chi connectivity index (χ3n) is 2.45. The molecular weight excluding hydrogens is 210 g/mol. The number of hydrogen-bond acceptors (Lipinski definition) is 3. The molecule has 92 valence electrons. The van der Waals surface area contributed by atoms with Crippen molar-refractivity contribution < 1.29 is 19.4 Å². The maximum Gasteiger partial charge on any atom is 0.305 e. The van der Waals surface area contributed by atoms with Gasteiger partial charge in [-0.2, -0.15) is 0 Å². The van der Waals surface area contributed by atoms with Gasteiger partial charge in [-0.25, -0.2) is 0 Å². The van der Waals surface area contributed by atoms with Crippen molar-refractivity contribution in [3.8, 4) is 0 Å². The van der Waals surface area contributed by atoms with Crippen LogP contribution in [0, 0.1) is 0 Å². The lowest BCUT2D eigenvalue weighted by Crippen LogP contribution is -2.37. The van der Waals surface area contributed by atoms with Crippen molar-refractivity contribution in [2.45, 2.75) is 38.6 Å². The van der Waals surface area contributed by atoms with Crippen LogP contribution >= 0.6 is 0 Å². The lowest BCUT2D eigenvalue weighted by atomic mass is 10.3. The highest BCUT2D eigenvalue weighted by Crippen LogP contribution is 2.27. The molecule has 5 nitrogen and oxygen atoms in total. The summed E-state index contributed by atoms with van der Waals surface area (Å²) >= 11 is 0. The Morgan fingerprint density at radius 3 is 2.62 bits per heavy atom. The van der Waals surface area contributed by atoms with Gasteiger partial charge in [0.25, 0.3) is 0 Å². The molecule has 0 aromatic carbocycles. The Labute approximate surface area is 95.4 Å². The van der Waals surface area contributed by atoms with E-state index in [2.05, 4.69) is 0 Å². The molecule has 1 fully saturated rings. The molecule has 16 heavy (non-hydrogen) atoms. The number of carbonyl (C=O) groups excluding carboxylic acids is 1. The Bertz CT molecular complexity index is 250. The standard InChI is InChI=1S/C11H19NO4/c1-2-7-16-8-10(13)12(9-3-4-9)6-5-11(14)15/h9H,2-8H2,1H3,(H,14,15). The molecule has 1 aliphatic rings. The number of aliphatic carboxylic acids is 1. The SMILES string of the molecule is CCCOCC(=O)N(CCC(=O)O)C1CC1. The zero-order chi connectivity index (χ0) is 12.0. The van der Waals surface area contributed by atoms with Crippen LogP contribution in [0.1, 0.15) is 32.6 Å². The Balaban J connectivity index is 2.30. The quantitative estimate of drug-likeness (QED) is 0.627. The zero-order valence-corrected chi connectivity index (χ0v) is 9.65. The topological polar surface area (TPSA) is 66.8 Å². The highest BCUT2D eigenvalue weighted by Gasteiger charge is 2.32. The Hall–Kier alpha value is -1.10. The van der Waals surface area contributed by atoms with Crippen molar-refractivity contribution in [1.29, 1.82) is 0 Å². The van der Waals surface area contributed by atoms with E-state index in [-0.39, 0.29) is 25.0 Å². The van der Waals surface area contributed by atoms with Crippen molar-refractivity contribution in [1.82, 2.24) is 4.90 Å². The van der Waals surface area contributed by atoms with Crippen LogP contribution < -0.4 is 0 Å². The Morgan fingerprint density at radius 1 is 1.44 bits per heavy atom. The summed E-state index contributed by atoms with van der Waals surface area (Å²) in [6.07, 6.45) is 2.86. The molecule has 1 N–H and O–H groups in total. The molecule has 1 amide bonds. The number of carbonyl (C=O) groups is 2. The number of ether oxygens (including phenoxy) is 1. The summed E-state index contributed by atoms with van der Waals surface area (Å²) in [5.74, 6) is -0.954. The minimum Gasteiger partial charge on any atom is -0.481 e. The van der Waals surface area contributed by atoms with Crippen LogP contribution in [0.2, 0.25) is 0 Å². The lowest BCUT2D eigenvalue weighted by molar-refractivity contribution is -0.140. The molecule has 0 spiro atoms. The first kappa shape index (κ1) is 13.0. The van der Waals surface area contributed by atoms with Crippen LogP contribution in [-0.2, 0) is 14.3 Å². The third-order valence-corrected chi connectivity index (χ3v) is 2.45. The first-order chi connectivity index (χ1) is 7.65. The van der Waals surface area contributed by atoms with Crippen LogP contribution in [0.5, 0.6) is 0 Å². The molecule has 0 radical (unpaired) electrons. The number of rotatable bonds is 8. The number of nitrogens with zero attached hydrogens (tertiary/aromatic N) is 1. The normalized spacial score (nSPS) is 14.8. The summed E-state index contributed by atoms with van der Waals surface area (Å²) in [6.45, 7) is 2.93. The predicted molar refractivity (Wildman–Crippen MR) is 58.1 cm³/mol. The minimum absolute atomic E-state index is 0.00994.